The predicted molar refractivity (Wildman–Crippen MR) is 113 cm³/mol. The van der Waals surface area contributed by atoms with Crippen LogP contribution < -0.4 is 20.5 Å². The SMILES string of the molecule is COc1cc(C(=O)Nc2cccc(-c3noc(=O)[nH]3)c2)cc(Cl)c1OCCC(C)C. The third-order valence-corrected chi connectivity index (χ3v) is 4.55. The molecule has 3 rings (SSSR count). The van der Waals surface area contributed by atoms with Gasteiger partial charge in [0.25, 0.3) is 5.91 Å². The van der Waals surface area contributed by atoms with Crippen LogP contribution in [-0.2, 0) is 0 Å². The Morgan fingerprint density at radius 1 is 1.30 bits per heavy atom. The lowest BCUT2D eigenvalue weighted by Gasteiger charge is -2.15. The van der Waals surface area contributed by atoms with Gasteiger partial charge in [-0.1, -0.05) is 42.7 Å². The molecule has 1 heterocycles. The van der Waals surface area contributed by atoms with E-state index < -0.39 is 5.76 Å². The second-order valence-electron chi connectivity index (χ2n) is 7.00. The van der Waals surface area contributed by atoms with E-state index in [0.717, 1.165) is 6.42 Å². The molecule has 30 heavy (non-hydrogen) atoms. The number of hydrogen-bond acceptors (Lipinski definition) is 6. The first-order valence-electron chi connectivity index (χ1n) is 9.35. The fourth-order valence-electron chi connectivity index (χ4n) is 2.69. The van der Waals surface area contributed by atoms with Gasteiger partial charge in [0.1, 0.15) is 0 Å². The van der Waals surface area contributed by atoms with Gasteiger partial charge in [-0.2, -0.15) is 0 Å². The third-order valence-electron chi connectivity index (χ3n) is 4.27. The molecule has 0 aliphatic heterocycles. The van der Waals surface area contributed by atoms with E-state index in [1.165, 1.54) is 13.2 Å². The highest BCUT2D eigenvalue weighted by Gasteiger charge is 2.17. The van der Waals surface area contributed by atoms with Crippen LogP contribution in [0.2, 0.25) is 5.02 Å². The molecule has 0 spiro atoms. The summed E-state index contributed by atoms with van der Waals surface area (Å²) < 4.78 is 15.6. The number of aromatic nitrogens is 2. The fourth-order valence-corrected chi connectivity index (χ4v) is 2.95. The van der Waals surface area contributed by atoms with E-state index >= 15 is 0 Å². The van der Waals surface area contributed by atoms with Crippen LogP contribution in [0.3, 0.4) is 0 Å². The van der Waals surface area contributed by atoms with Gasteiger partial charge in [0, 0.05) is 16.8 Å². The lowest BCUT2D eigenvalue weighted by Crippen LogP contribution is -2.12. The minimum absolute atomic E-state index is 0.267. The molecule has 3 aromatic rings. The molecule has 1 aromatic heterocycles. The maximum atomic E-state index is 12.7. The molecule has 8 nitrogen and oxygen atoms in total. The molecule has 1 amide bonds. The average molecular weight is 432 g/mol. The van der Waals surface area contributed by atoms with Crippen molar-refractivity contribution in [2.45, 2.75) is 20.3 Å². The van der Waals surface area contributed by atoms with Crippen LogP contribution in [0.4, 0.5) is 5.69 Å². The van der Waals surface area contributed by atoms with Gasteiger partial charge in [-0.25, -0.2) is 4.79 Å². The summed E-state index contributed by atoms with van der Waals surface area (Å²) in [4.78, 5) is 26.3. The van der Waals surface area contributed by atoms with Crippen molar-refractivity contribution in [3.63, 3.8) is 0 Å². The van der Waals surface area contributed by atoms with Crippen molar-refractivity contribution in [1.29, 1.82) is 0 Å². The first kappa shape index (κ1) is 21.4. The number of nitrogens with zero attached hydrogens (tertiary/aromatic N) is 1. The van der Waals surface area contributed by atoms with Crippen molar-refractivity contribution < 1.29 is 18.8 Å². The van der Waals surface area contributed by atoms with E-state index in [2.05, 4.69) is 33.8 Å². The lowest BCUT2D eigenvalue weighted by molar-refractivity contribution is 0.102. The molecule has 0 saturated carbocycles. The Balaban J connectivity index is 1.78. The Labute approximate surface area is 178 Å². The second kappa shape index (κ2) is 9.49. The zero-order valence-corrected chi connectivity index (χ0v) is 17.6. The van der Waals surface area contributed by atoms with E-state index in [1.807, 2.05) is 0 Å². The van der Waals surface area contributed by atoms with Crippen LogP contribution >= 0.6 is 11.6 Å². The lowest BCUT2D eigenvalue weighted by atomic mass is 10.1. The molecule has 0 aliphatic carbocycles. The minimum Gasteiger partial charge on any atom is -0.493 e. The quantitative estimate of drug-likeness (QED) is 0.548. The van der Waals surface area contributed by atoms with Gasteiger partial charge in [0.05, 0.1) is 18.7 Å². The summed E-state index contributed by atoms with van der Waals surface area (Å²) in [5.41, 5.74) is 1.41. The van der Waals surface area contributed by atoms with Crippen LogP contribution in [0.1, 0.15) is 30.6 Å². The molecular weight excluding hydrogens is 410 g/mol. The van der Waals surface area contributed by atoms with Crippen molar-refractivity contribution >= 4 is 23.2 Å². The highest BCUT2D eigenvalue weighted by molar-refractivity contribution is 6.32. The van der Waals surface area contributed by atoms with Crippen molar-refractivity contribution in [1.82, 2.24) is 10.1 Å². The maximum Gasteiger partial charge on any atom is 0.439 e. The van der Waals surface area contributed by atoms with Crippen LogP contribution in [0.15, 0.2) is 45.7 Å². The van der Waals surface area contributed by atoms with Crippen molar-refractivity contribution in [3.8, 4) is 22.9 Å². The summed E-state index contributed by atoms with van der Waals surface area (Å²) >= 11 is 6.35. The zero-order chi connectivity index (χ0) is 21.7. The number of halogens is 1. The number of rotatable bonds is 8. The number of aromatic amines is 1. The van der Waals surface area contributed by atoms with E-state index in [0.29, 0.717) is 40.8 Å². The minimum atomic E-state index is -0.656. The molecular formula is C21H22ClN3O5. The van der Waals surface area contributed by atoms with Crippen LogP contribution in [0.5, 0.6) is 11.5 Å². The number of amides is 1. The van der Waals surface area contributed by atoms with Gasteiger partial charge in [-0.05, 0) is 36.6 Å². The van der Waals surface area contributed by atoms with Crippen molar-refractivity contribution in [2.24, 2.45) is 5.92 Å². The molecule has 0 saturated heterocycles. The third kappa shape index (κ3) is 5.21. The van der Waals surface area contributed by atoms with Crippen LogP contribution in [0, 0.1) is 5.92 Å². The van der Waals surface area contributed by atoms with Gasteiger partial charge in [-0.15, -0.1) is 0 Å². The van der Waals surface area contributed by atoms with E-state index in [1.54, 1.807) is 30.3 Å². The summed E-state index contributed by atoms with van der Waals surface area (Å²) in [7, 11) is 1.49. The first-order valence-corrected chi connectivity index (χ1v) is 9.73. The topological polar surface area (TPSA) is 106 Å². The summed E-state index contributed by atoms with van der Waals surface area (Å²) in [6, 6.07) is 9.92. The van der Waals surface area contributed by atoms with E-state index in [9.17, 15) is 9.59 Å². The summed E-state index contributed by atoms with van der Waals surface area (Å²) in [6.45, 7) is 4.70. The highest BCUT2D eigenvalue weighted by Crippen LogP contribution is 2.37. The normalized spacial score (nSPS) is 10.8. The van der Waals surface area contributed by atoms with E-state index in [-0.39, 0.29) is 16.8 Å². The molecule has 0 bridgehead atoms. The van der Waals surface area contributed by atoms with Gasteiger partial charge in [0.2, 0.25) is 0 Å². The van der Waals surface area contributed by atoms with Gasteiger partial charge < -0.3 is 14.8 Å². The Bertz CT molecular complexity index is 1090. The number of methoxy groups -OCH3 is 1. The number of ether oxygens (including phenoxy) is 2. The molecule has 0 atom stereocenters. The number of benzene rings is 2. The molecule has 0 fully saturated rings. The van der Waals surface area contributed by atoms with Crippen LogP contribution in [-0.4, -0.2) is 29.8 Å². The number of anilines is 1. The smallest absolute Gasteiger partial charge is 0.439 e. The largest absolute Gasteiger partial charge is 0.493 e. The van der Waals surface area contributed by atoms with Gasteiger partial charge in [0.15, 0.2) is 17.3 Å². The second-order valence-corrected chi connectivity index (χ2v) is 7.41. The Morgan fingerprint density at radius 2 is 2.10 bits per heavy atom. The Morgan fingerprint density at radius 3 is 2.77 bits per heavy atom. The van der Waals surface area contributed by atoms with Gasteiger partial charge in [-0.3, -0.25) is 14.3 Å². The van der Waals surface area contributed by atoms with Crippen molar-refractivity contribution in [2.75, 3.05) is 19.0 Å². The molecule has 2 aromatic carbocycles. The number of carbonyl (C=O) groups is 1. The summed E-state index contributed by atoms with van der Waals surface area (Å²) in [6.07, 6.45) is 0.870. The first-order chi connectivity index (χ1) is 14.4. The maximum absolute atomic E-state index is 12.7. The molecule has 0 radical (unpaired) electrons. The number of carbonyl (C=O) groups excluding carboxylic acids is 1. The molecule has 2 N–H and O–H groups in total. The Hall–Kier alpha value is -3.26. The van der Waals surface area contributed by atoms with E-state index in [4.69, 9.17) is 21.1 Å². The molecule has 9 heteroatoms. The van der Waals surface area contributed by atoms with Gasteiger partial charge >= 0.3 is 5.76 Å². The average Bonchev–Trinajstić information content (AvgIpc) is 3.15. The van der Waals surface area contributed by atoms with Crippen molar-refractivity contribution in [3.05, 3.63) is 57.5 Å². The predicted octanol–water partition coefficient (Wildman–Crippen LogP) is 4.37. The summed E-state index contributed by atoms with van der Waals surface area (Å²) in [5, 5.41) is 6.72. The number of H-pyrrole nitrogens is 1. The number of hydrogen-bond donors (Lipinski definition) is 2. The highest BCUT2D eigenvalue weighted by atomic mass is 35.5. The monoisotopic (exact) mass is 431 g/mol. The zero-order valence-electron chi connectivity index (χ0n) is 16.8. The molecule has 0 aliphatic rings. The Kier molecular flexibility index (Phi) is 6.79. The standard InChI is InChI=1S/C21H22ClN3O5/c1-12(2)7-8-29-18-16(22)10-14(11-17(18)28-3)20(26)23-15-6-4-5-13(9-15)19-24-21(27)30-25-19/h4-6,9-12H,7-8H2,1-3H3,(H,23,26)(H,24,25,27). The molecule has 158 valence electrons. The molecule has 0 unspecified atom stereocenters. The number of nitrogens with one attached hydrogen (secondary N) is 2. The fraction of sp³-hybridized carbons (Fsp3) is 0.286. The van der Waals surface area contributed by atoms with Crippen LogP contribution in [0.25, 0.3) is 11.4 Å². The summed E-state index contributed by atoms with van der Waals surface area (Å²) in [5.74, 6) is 0.514.